The number of rotatable bonds is 6. The maximum atomic E-state index is 12.6. The molecule has 0 aromatic rings. The predicted octanol–water partition coefficient (Wildman–Crippen LogP) is 3.15. The van der Waals surface area contributed by atoms with Crippen LogP contribution in [-0.2, 0) is 4.79 Å². The Morgan fingerprint density at radius 3 is 2.32 bits per heavy atom. The van der Waals surface area contributed by atoms with Crippen molar-refractivity contribution in [2.24, 2.45) is 11.8 Å². The minimum Gasteiger partial charge on any atom is -0.323 e. The molecule has 1 spiro atoms. The lowest BCUT2D eigenvalue weighted by molar-refractivity contribution is -0.133. The number of hydrogen-bond acceptors (Lipinski definition) is 2. The van der Waals surface area contributed by atoms with Crippen LogP contribution in [0, 0.1) is 11.8 Å². The van der Waals surface area contributed by atoms with Gasteiger partial charge in [-0.2, -0.15) is 0 Å². The van der Waals surface area contributed by atoms with Crippen molar-refractivity contribution in [3.63, 3.8) is 0 Å². The monoisotopic (exact) mass is 266 g/mol. The summed E-state index contributed by atoms with van der Waals surface area (Å²) >= 11 is 0. The molecule has 1 aliphatic carbocycles. The van der Waals surface area contributed by atoms with Gasteiger partial charge in [0.15, 0.2) is 0 Å². The predicted molar refractivity (Wildman–Crippen MR) is 78.7 cm³/mol. The molecular weight excluding hydrogens is 236 g/mol. The summed E-state index contributed by atoms with van der Waals surface area (Å²) in [7, 11) is 0. The summed E-state index contributed by atoms with van der Waals surface area (Å²) < 4.78 is 0. The Morgan fingerprint density at radius 1 is 1.21 bits per heavy atom. The topological polar surface area (TPSA) is 32.3 Å². The molecule has 2 fully saturated rings. The summed E-state index contributed by atoms with van der Waals surface area (Å²) in [6.07, 6.45) is 5.92. The van der Waals surface area contributed by atoms with E-state index in [2.05, 4.69) is 44.8 Å². The fourth-order valence-electron chi connectivity index (χ4n) is 3.19. The van der Waals surface area contributed by atoms with Crippen molar-refractivity contribution in [1.29, 1.82) is 0 Å². The van der Waals surface area contributed by atoms with E-state index in [0.29, 0.717) is 17.9 Å². The highest BCUT2D eigenvalue weighted by atomic mass is 16.2. The van der Waals surface area contributed by atoms with E-state index in [-0.39, 0.29) is 11.7 Å². The van der Waals surface area contributed by atoms with E-state index in [1.807, 2.05) is 0 Å². The van der Waals surface area contributed by atoms with Crippen LogP contribution in [0.15, 0.2) is 0 Å². The molecule has 2 rings (SSSR count). The molecule has 1 N–H and O–H groups in total. The molecule has 3 nitrogen and oxygen atoms in total. The molecule has 1 aliphatic heterocycles. The van der Waals surface area contributed by atoms with Crippen molar-refractivity contribution in [2.45, 2.75) is 84.5 Å². The van der Waals surface area contributed by atoms with Crippen LogP contribution in [0.1, 0.15) is 66.7 Å². The molecular formula is C16H30N2O. The van der Waals surface area contributed by atoms with Crippen LogP contribution in [0.2, 0.25) is 0 Å². The van der Waals surface area contributed by atoms with Crippen LogP contribution in [0.25, 0.3) is 0 Å². The Labute approximate surface area is 118 Å². The zero-order valence-corrected chi connectivity index (χ0v) is 13.2. The van der Waals surface area contributed by atoms with Crippen molar-refractivity contribution in [3.8, 4) is 0 Å². The highest BCUT2D eigenvalue weighted by Gasteiger charge is 2.60. The lowest BCUT2D eigenvalue weighted by atomic mass is 10.0. The molecule has 1 saturated heterocycles. The third-order valence-corrected chi connectivity index (χ3v) is 4.63. The van der Waals surface area contributed by atoms with Gasteiger partial charge in [0.1, 0.15) is 0 Å². The summed E-state index contributed by atoms with van der Waals surface area (Å²) in [5, 5.41) is 3.60. The first-order valence-corrected chi connectivity index (χ1v) is 7.98. The summed E-state index contributed by atoms with van der Waals surface area (Å²) in [5.41, 5.74) is -0.165. The second kappa shape index (κ2) is 5.43. The number of carbonyl (C=O) groups excluding carboxylic acids is 1. The van der Waals surface area contributed by atoms with Crippen molar-refractivity contribution >= 4 is 5.91 Å². The second-order valence-corrected chi connectivity index (χ2v) is 7.30. The molecule has 2 aliphatic rings. The van der Waals surface area contributed by atoms with E-state index >= 15 is 0 Å². The van der Waals surface area contributed by atoms with E-state index in [1.54, 1.807) is 0 Å². The molecule has 1 saturated carbocycles. The first-order valence-electron chi connectivity index (χ1n) is 7.98. The molecule has 110 valence electrons. The van der Waals surface area contributed by atoms with E-state index in [4.69, 9.17) is 0 Å². The molecule has 0 aromatic carbocycles. The summed E-state index contributed by atoms with van der Waals surface area (Å²) in [6, 6.07) is 0.367. The zero-order chi connectivity index (χ0) is 14.2. The first kappa shape index (κ1) is 14.8. The molecule has 19 heavy (non-hydrogen) atoms. The van der Waals surface area contributed by atoms with Gasteiger partial charge >= 0.3 is 0 Å². The largest absolute Gasteiger partial charge is 0.323 e. The Balaban J connectivity index is 1.97. The molecule has 1 heterocycles. The van der Waals surface area contributed by atoms with Gasteiger partial charge in [-0.05, 0) is 38.0 Å². The van der Waals surface area contributed by atoms with Gasteiger partial charge < -0.3 is 4.90 Å². The maximum absolute atomic E-state index is 12.6. The lowest BCUT2D eigenvalue weighted by Gasteiger charge is -2.32. The third kappa shape index (κ3) is 2.96. The van der Waals surface area contributed by atoms with Crippen molar-refractivity contribution in [1.82, 2.24) is 10.2 Å². The quantitative estimate of drug-likeness (QED) is 0.801. The highest BCUT2D eigenvalue weighted by molar-refractivity contribution is 5.92. The van der Waals surface area contributed by atoms with E-state index < -0.39 is 0 Å². The number of nitrogens with zero attached hydrogens (tertiary/aromatic N) is 1. The Morgan fingerprint density at radius 2 is 1.84 bits per heavy atom. The zero-order valence-electron chi connectivity index (χ0n) is 13.2. The number of hydrogen-bond donors (Lipinski definition) is 1. The highest BCUT2D eigenvalue weighted by Crippen LogP contribution is 2.44. The minimum absolute atomic E-state index is 0.165. The van der Waals surface area contributed by atoms with Crippen molar-refractivity contribution < 1.29 is 4.79 Å². The van der Waals surface area contributed by atoms with Crippen LogP contribution in [0.5, 0.6) is 0 Å². The average Bonchev–Trinajstić information content (AvgIpc) is 3.01. The van der Waals surface area contributed by atoms with Gasteiger partial charge in [-0.3, -0.25) is 10.1 Å². The Kier molecular flexibility index (Phi) is 4.24. The van der Waals surface area contributed by atoms with Gasteiger partial charge in [0.2, 0.25) is 5.91 Å². The third-order valence-electron chi connectivity index (χ3n) is 4.63. The van der Waals surface area contributed by atoms with E-state index in [0.717, 1.165) is 25.2 Å². The van der Waals surface area contributed by atoms with Gasteiger partial charge in [-0.25, -0.2) is 0 Å². The van der Waals surface area contributed by atoms with Gasteiger partial charge in [0, 0.05) is 6.04 Å². The Hall–Kier alpha value is -0.570. The van der Waals surface area contributed by atoms with Crippen molar-refractivity contribution in [3.05, 3.63) is 0 Å². The molecule has 0 radical (unpaired) electrons. The van der Waals surface area contributed by atoms with Gasteiger partial charge in [-0.1, -0.05) is 40.5 Å². The van der Waals surface area contributed by atoms with E-state index in [1.165, 1.54) is 12.8 Å². The summed E-state index contributed by atoms with van der Waals surface area (Å²) in [6.45, 7) is 11.2. The Bertz CT molecular complexity index is 334. The fourth-order valence-corrected chi connectivity index (χ4v) is 3.19. The van der Waals surface area contributed by atoms with Gasteiger partial charge in [0.25, 0.3) is 0 Å². The molecule has 2 atom stereocenters. The van der Waals surface area contributed by atoms with Crippen LogP contribution in [-0.4, -0.2) is 28.6 Å². The SMILES string of the molecule is CC(C)CCCC(C)N1C(=O)C2(CC2)NC1C(C)C. The minimum atomic E-state index is -0.165. The average molecular weight is 266 g/mol. The standard InChI is InChI=1S/C16H30N2O/c1-11(2)7-6-8-13(5)18-14(12(3)4)17-16(9-10-16)15(18)19/h11-14,17H,6-10H2,1-5H3. The summed E-state index contributed by atoms with van der Waals surface area (Å²) in [5.74, 6) is 1.61. The normalized spacial score (nSPS) is 26.8. The smallest absolute Gasteiger partial charge is 0.244 e. The molecule has 2 unspecified atom stereocenters. The maximum Gasteiger partial charge on any atom is 0.244 e. The van der Waals surface area contributed by atoms with Crippen LogP contribution in [0.4, 0.5) is 0 Å². The van der Waals surface area contributed by atoms with Crippen molar-refractivity contribution in [2.75, 3.05) is 0 Å². The number of nitrogens with one attached hydrogen (secondary N) is 1. The summed E-state index contributed by atoms with van der Waals surface area (Å²) in [4.78, 5) is 14.8. The fraction of sp³-hybridized carbons (Fsp3) is 0.938. The molecule has 0 aromatic heterocycles. The van der Waals surface area contributed by atoms with Gasteiger partial charge in [-0.15, -0.1) is 0 Å². The van der Waals surface area contributed by atoms with E-state index in [9.17, 15) is 4.79 Å². The molecule has 3 heteroatoms. The molecule has 0 bridgehead atoms. The number of carbonyl (C=O) groups is 1. The number of amides is 1. The first-order chi connectivity index (χ1) is 8.87. The van der Waals surface area contributed by atoms with Crippen LogP contribution >= 0.6 is 0 Å². The van der Waals surface area contributed by atoms with Crippen LogP contribution < -0.4 is 5.32 Å². The van der Waals surface area contributed by atoms with Crippen LogP contribution in [0.3, 0.4) is 0 Å². The lowest BCUT2D eigenvalue weighted by Crippen LogP contribution is -2.46. The molecule has 1 amide bonds. The second-order valence-electron chi connectivity index (χ2n) is 7.30. The van der Waals surface area contributed by atoms with Gasteiger partial charge in [0.05, 0.1) is 11.7 Å².